The van der Waals surface area contributed by atoms with Crippen LogP contribution in [0.25, 0.3) is 22.4 Å². The zero-order valence-electron chi connectivity index (χ0n) is 13.8. The van der Waals surface area contributed by atoms with Crippen LogP contribution in [0.5, 0.6) is 0 Å². The number of aromatic nitrogens is 3. The van der Waals surface area contributed by atoms with E-state index < -0.39 is 0 Å². The van der Waals surface area contributed by atoms with Crippen LogP contribution in [0.2, 0.25) is 0 Å². The minimum atomic E-state index is -0.289. The standard InChI is InChI=1S/C19H18FN3O2/c1-25-17(24)4-2-3-16-18(13-9-11-21-12-10-13)19(23-22-16)14-5-7-15(20)8-6-14/h5-12H,2-4H2,1H3,(H,22,23). The predicted molar refractivity (Wildman–Crippen MR) is 92.2 cm³/mol. The molecule has 0 unspecified atom stereocenters. The number of nitrogens with one attached hydrogen (secondary N) is 1. The lowest BCUT2D eigenvalue weighted by atomic mass is 9.97. The number of nitrogens with zero attached hydrogens (tertiary/aromatic N) is 2. The van der Waals surface area contributed by atoms with Gasteiger partial charge in [-0.05, 0) is 54.8 Å². The minimum Gasteiger partial charge on any atom is -0.469 e. The van der Waals surface area contributed by atoms with E-state index in [-0.39, 0.29) is 11.8 Å². The monoisotopic (exact) mass is 339 g/mol. The number of benzene rings is 1. The van der Waals surface area contributed by atoms with Gasteiger partial charge in [-0.3, -0.25) is 14.9 Å². The van der Waals surface area contributed by atoms with E-state index in [2.05, 4.69) is 19.9 Å². The Morgan fingerprint density at radius 3 is 2.52 bits per heavy atom. The van der Waals surface area contributed by atoms with Crippen molar-refractivity contribution >= 4 is 5.97 Å². The van der Waals surface area contributed by atoms with E-state index in [1.54, 1.807) is 24.5 Å². The van der Waals surface area contributed by atoms with Gasteiger partial charge in [-0.25, -0.2) is 4.39 Å². The van der Waals surface area contributed by atoms with Crippen LogP contribution < -0.4 is 0 Å². The summed E-state index contributed by atoms with van der Waals surface area (Å²) < 4.78 is 17.9. The largest absolute Gasteiger partial charge is 0.469 e. The van der Waals surface area contributed by atoms with E-state index in [1.165, 1.54) is 19.2 Å². The number of rotatable bonds is 6. The number of carbonyl (C=O) groups excluding carboxylic acids is 1. The Hall–Kier alpha value is -3.02. The summed E-state index contributed by atoms with van der Waals surface area (Å²) in [7, 11) is 1.38. The van der Waals surface area contributed by atoms with Gasteiger partial charge in [-0.15, -0.1) is 0 Å². The summed E-state index contributed by atoms with van der Waals surface area (Å²) >= 11 is 0. The maximum atomic E-state index is 13.2. The second kappa shape index (κ2) is 7.70. The molecule has 0 fully saturated rings. The average molecular weight is 339 g/mol. The lowest BCUT2D eigenvalue weighted by Crippen LogP contribution is -2.01. The number of aromatic amines is 1. The zero-order valence-corrected chi connectivity index (χ0v) is 13.8. The van der Waals surface area contributed by atoms with Crippen LogP contribution in [0, 0.1) is 5.82 Å². The molecule has 0 bridgehead atoms. The molecule has 0 radical (unpaired) electrons. The molecule has 3 aromatic rings. The molecule has 0 aliphatic rings. The molecule has 0 aliphatic heterocycles. The molecule has 0 saturated heterocycles. The van der Waals surface area contributed by atoms with Crippen LogP contribution in [0.4, 0.5) is 4.39 Å². The van der Waals surface area contributed by atoms with Crippen LogP contribution in [0.1, 0.15) is 18.5 Å². The topological polar surface area (TPSA) is 67.9 Å². The molecule has 1 N–H and O–H groups in total. The molecule has 0 saturated carbocycles. The molecule has 2 heterocycles. The lowest BCUT2D eigenvalue weighted by Gasteiger charge is -2.07. The fourth-order valence-corrected chi connectivity index (χ4v) is 2.72. The Morgan fingerprint density at radius 1 is 1.12 bits per heavy atom. The van der Waals surface area contributed by atoms with Gasteiger partial charge in [0.2, 0.25) is 0 Å². The van der Waals surface area contributed by atoms with Crippen LogP contribution >= 0.6 is 0 Å². The Balaban J connectivity index is 1.96. The SMILES string of the molecule is COC(=O)CCCc1[nH]nc(-c2ccc(F)cc2)c1-c1ccncc1. The molecule has 0 spiro atoms. The highest BCUT2D eigenvalue weighted by Gasteiger charge is 2.17. The van der Waals surface area contributed by atoms with Gasteiger partial charge in [0, 0.05) is 35.6 Å². The van der Waals surface area contributed by atoms with E-state index in [0.29, 0.717) is 19.3 Å². The Morgan fingerprint density at radius 2 is 1.84 bits per heavy atom. The van der Waals surface area contributed by atoms with Crippen molar-refractivity contribution in [3.05, 3.63) is 60.3 Å². The third-order valence-electron chi connectivity index (χ3n) is 3.96. The number of esters is 1. The van der Waals surface area contributed by atoms with Crippen molar-refractivity contribution in [2.75, 3.05) is 7.11 Å². The molecule has 0 atom stereocenters. The van der Waals surface area contributed by atoms with Crippen LogP contribution in [0.15, 0.2) is 48.8 Å². The molecule has 5 nitrogen and oxygen atoms in total. The number of aryl methyl sites for hydroxylation is 1. The van der Waals surface area contributed by atoms with Gasteiger partial charge in [0.25, 0.3) is 0 Å². The maximum absolute atomic E-state index is 13.2. The Labute approximate surface area is 144 Å². The summed E-state index contributed by atoms with van der Waals surface area (Å²) in [5.74, 6) is -0.521. The van der Waals surface area contributed by atoms with Gasteiger partial charge in [-0.1, -0.05) is 0 Å². The second-order valence-corrected chi connectivity index (χ2v) is 5.60. The highest BCUT2D eigenvalue weighted by molar-refractivity contribution is 5.82. The summed E-state index contributed by atoms with van der Waals surface area (Å²) in [6.07, 6.45) is 5.08. The van der Waals surface area contributed by atoms with E-state index in [0.717, 1.165) is 28.1 Å². The number of hydrogen-bond donors (Lipinski definition) is 1. The van der Waals surface area contributed by atoms with Crippen LogP contribution in [-0.4, -0.2) is 28.3 Å². The smallest absolute Gasteiger partial charge is 0.305 e. The normalized spacial score (nSPS) is 10.6. The molecule has 128 valence electrons. The molecule has 1 aromatic carbocycles. The van der Waals surface area contributed by atoms with Gasteiger partial charge in [0.1, 0.15) is 11.5 Å². The molecular weight excluding hydrogens is 321 g/mol. The first-order chi connectivity index (χ1) is 12.2. The van der Waals surface area contributed by atoms with Crippen molar-refractivity contribution < 1.29 is 13.9 Å². The number of hydrogen-bond acceptors (Lipinski definition) is 4. The average Bonchev–Trinajstić information content (AvgIpc) is 3.06. The van der Waals surface area contributed by atoms with Gasteiger partial charge in [0.05, 0.1) is 7.11 Å². The van der Waals surface area contributed by atoms with E-state index in [1.807, 2.05) is 12.1 Å². The highest BCUT2D eigenvalue weighted by atomic mass is 19.1. The van der Waals surface area contributed by atoms with E-state index >= 15 is 0 Å². The number of pyridine rings is 1. The summed E-state index contributed by atoms with van der Waals surface area (Å²) in [6.45, 7) is 0. The van der Waals surface area contributed by atoms with Crippen molar-refractivity contribution in [3.63, 3.8) is 0 Å². The van der Waals surface area contributed by atoms with Crippen molar-refractivity contribution in [1.82, 2.24) is 15.2 Å². The van der Waals surface area contributed by atoms with Gasteiger partial charge in [0.15, 0.2) is 0 Å². The summed E-state index contributed by atoms with van der Waals surface area (Å²) in [5.41, 5.74) is 4.41. The molecule has 2 aromatic heterocycles. The summed E-state index contributed by atoms with van der Waals surface area (Å²) in [5, 5.41) is 7.49. The zero-order chi connectivity index (χ0) is 17.6. The third kappa shape index (κ3) is 3.91. The first-order valence-corrected chi connectivity index (χ1v) is 7.99. The Kier molecular flexibility index (Phi) is 5.18. The van der Waals surface area contributed by atoms with Crippen molar-refractivity contribution in [2.24, 2.45) is 0 Å². The summed E-state index contributed by atoms with van der Waals surface area (Å²) in [6, 6.07) is 10.0. The van der Waals surface area contributed by atoms with Crippen molar-refractivity contribution in [3.8, 4) is 22.4 Å². The maximum Gasteiger partial charge on any atom is 0.305 e. The van der Waals surface area contributed by atoms with Crippen LogP contribution in [0.3, 0.4) is 0 Å². The third-order valence-corrected chi connectivity index (χ3v) is 3.96. The molecule has 25 heavy (non-hydrogen) atoms. The molecule has 6 heteroatoms. The fraction of sp³-hybridized carbons (Fsp3) is 0.211. The van der Waals surface area contributed by atoms with E-state index in [4.69, 9.17) is 0 Å². The van der Waals surface area contributed by atoms with Crippen molar-refractivity contribution in [2.45, 2.75) is 19.3 Å². The Bertz CT molecular complexity index is 845. The number of carbonyl (C=O) groups is 1. The van der Waals surface area contributed by atoms with Crippen LogP contribution in [-0.2, 0) is 16.0 Å². The second-order valence-electron chi connectivity index (χ2n) is 5.60. The van der Waals surface area contributed by atoms with Gasteiger partial charge in [-0.2, -0.15) is 5.10 Å². The highest BCUT2D eigenvalue weighted by Crippen LogP contribution is 2.33. The number of ether oxygens (including phenoxy) is 1. The minimum absolute atomic E-state index is 0.233. The summed E-state index contributed by atoms with van der Waals surface area (Å²) in [4.78, 5) is 15.4. The van der Waals surface area contributed by atoms with Gasteiger partial charge < -0.3 is 4.74 Å². The van der Waals surface area contributed by atoms with E-state index in [9.17, 15) is 9.18 Å². The predicted octanol–water partition coefficient (Wildman–Crippen LogP) is 3.77. The van der Waals surface area contributed by atoms with Crippen molar-refractivity contribution in [1.29, 1.82) is 0 Å². The quantitative estimate of drug-likeness (QED) is 0.694. The molecular formula is C19H18FN3O2. The first-order valence-electron chi connectivity index (χ1n) is 7.99. The van der Waals surface area contributed by atoms with Gasteiger partial charge >= 0.3 is 5.97 Å². The molecule has 0 amide bonds. The molecule has 0 aliphatic carbocycles. The lowest BCUT2D eigenvalue weighted by molar-refractivity contribution is -0.140. The molecule has 3 rings (SSSR count). The number of methoxy groups -OCH3 is 1. The number of halogens is 1. The fourth-order valence-electron chi connectivity index (χ4n) is 2.72. The number of H-pyrrole nitrogens is 1. The first kappa shape index (κ1) is 16.8.